The maximum Gasteiger partial charge on any atom is 0.247 e. The highest BCUT2D eigenvalue weighted by Crippen LogP contribution is 2.47. The predicted molar refractivity (Wildman–Crippen MR) is 160 cm³/mol. The quantitative estimate of drug-likeness (QED) is 0.246. The normalized spacial score (nSPS) is 23.2. The maximum absolute atomic E-state index is 15.5. The van der Waals surface area contributed by atoms with Gasteiger partial charge in [0.2, 0.25) is 14.3 Å². The molecular formula is C31H40FN5O3Si. The molecule has 0 saturated carbocycles. The van der Waals surface area contributed by atoms with Crippen LogP contribution in [0.3, 0.4) is 0 Å². The molecule has 0 radical (unpaired) electrons. The van der Waals surface area contributed by atoms with Gasteiger partial charge in [-0.2, -0.15) is 5.10 Å². The molecule has 2 aliphatic rings. The molecule has 4 atom stereocenters. The van der Waals surface area contributed by atoms with Gasteiger partial charge >= 0.3 is 0 Å². The Bertz CT molecular complexity index is 1340. The Kier molecular flexibility index (Phi) is 9.11. The Morgan fingerprint density at radius 3 is 2.49 bits per heavy atom. The van der Waals surface area contributed by atoms with Crippen molar-refractivity contribution in [2.24, 2.45) is 11.0 Å². The standard InChI is InChI=1S/C31H40FN5O3Si/c1-22-28(40-29(31(22)41(2,3)32)17-19-36-21-25(18-20-38)33-35-36)15-11-23-9-12-26(13-10-23)37-30(39)16-14-27(34-37)24-7-5-4-6-8-24/h4-10,12-13,21-22,28-29,31,38H,11,14-20H2,1-3H3/t22-,28+,29-,31+/m1/s1. The average Bonchev–Trinajstić information content (AvgIpc) is 3.55. The zero-order valence-corrected chi connectivity index (χ0v) is 25.1. The number of anilines is 1. The third-order valence-electron chi connectivity index (χ3n) is 8.33. The molecule has 218 valence electrons. The van der Waals surface area contributed by atoms with E-state index in [-0.39, 0.29) is 36.2 Å². The minimum absolute atomic E-state index is 0.00351. The number of benzene rings is 2. The highest BCUT2D eigenvalue weighted by molar-refractivity contribution is 6.72. The zero-order valence-electron chi connectivity index (χ0n) is 24.1. The van der Waals surface area contributed by atoms with Gasteiger partial charge in [-0.1, -0.05) is 54.6 Å². The molecule has 1 saturated heterocycles. The van der Waals surface area contributed by atoms with Crippen LogP contribution in [0.15, 0.2) is 65.9 Å². The summed E-state index contributed by atoms with van der Waals surface area (Å²) in [7, 11) is -2.96. The van der Waals surface area contributed by atoms with Crippen molar-refractivity contribution < 1.29 is 18.7 Å². The lowest BCUT2D eigenvalue weighted by Gasteiger charge is -2.28. The van der Waals surface area contributed by atoms with Gasteiger partial charge in [0.25, 0.3) is 0 Å². The van der Waals surface area contributed by atoms with Crippen LogP contribution in [-0.2, 0) is 28.9 Å². The molecule has 10 heteroatoms. The average molecular weight is 578 g/mol. The molecule has 3 heterocycles. The first-order valence-corrected chi connectivity index (χ1v) is 17.6. The summed E-state index contributed by atoms with van der Waals surface area (Å²) in [4.78, 5) is 12.7. The van der Waals surface area contributed by atoms with Crippen LogP contribution >= 0.6 is 0 Å². The summed E-state index contributed by atoms with van der Waals surface area (Å²) in [5, 5.41) is 23.5. The molecule has 1 aromatic heterocycles. The molecule has 1 fully saturated rings. The van der Waals surface area contributed by atoms with E-state index in [4.69, 9.17) is 9.84 Å². The minimum Gasteiger partial charge on any atom is -0.396 e. The molecule has 8 nitrogen and oxygen atoms in total. The molecule has 1 N–H and O–H groups in total. The number of hydrazone groups is 1. The van der Waals surface area contributed by atoms with Gasteiger partial charge in [0, 0.05) is 44.2 Å². The van der Waals surface area contributed by atoms with Crippen molar-refractivity contribution in [3.05, 3.63) is 77.6 Å². The Balaban J connectivity index is 1.21. The van der Waals surface area contributed by atoms with Gasteiger partial charge in [0.1, 0.15) is 0 Å². The summed E-state index contributed by atoms with van der Waals surface area (Å²) >= 11 is 0. The molecule has 0 unspecified atom stereocenters. The number of amides is 1. The van der Waals surface area contributed by atoms with Crippen LogP contribution in [0.5, 0.6) is 0 Å². The minimum atomic E-state index is -2.96. The first-order chi connectivity index (χ1) is 19.7. The van der Waals surface area contributed by atoms with Crippen LogP contribution in [0.4, 0.5) is 9.80 Å². The second-order valence-corrected chi connectivity index (χ2v) is 15.5. The number of halogens is 1. The summed E-state index contributed by atoms with van der Waals surface area (Å²) in [5.74, 6) is 0.125. The van der Waals surface area contributed by atoms with Gasteiger partial charge in [0.15, 0.2) is 0 Å². The van der Waals surface area contributed by atoms with Crippen LogP contribution in [0.1, 0.15) is 49.4 Å². The van der Waals surface area contributed by atoms with E-state index in [2.05, 4.69) is 22.3 Å². The SMILES string of the molecule is C[C@H]1[C@H]([Si](C)(C)F)[C@@H](CCn2cc(CCO)nn2)O[C@H]1CCc1ccc(N2N=C(c3ccccc3)CCC2=O)cc1. The van der Waals surface area contributed by atoms with E-state index in [0.717, 1.165) is 41.1 Å². The smallest absolute Gasteiger partial charge is 0.247 e. The van der Waals surface area contributed by atoms with Gasteiger partial charge in [0.05, 0.1) is 29.3 Å². The zero-order chi connectivity index (χ0) is 29.0. The topological polar surface area (TPSA) is 92.8 Å². The van der Waals surface area contributed by atoms with Crippen molar-refractivity contribution >= 4 is 25.7 Å². The molecule has 2 aliphatic heterocycles. The van der Waals surface area contributed by atoms with Gasteiger partial charge in [-0.3, -0.25) is 9.48 Å². The molecule has 5 rings (SSSR count). The highest BCUT2D eigenvalue weighted by Gasteiger charge is 2.50. The number of aryl methyl sites for hydroxylation is 2. The second kappa shape index (κ2) is 12.8. The second-order valence-electron chi connectivity index (χ2n) is 11.7. The Labute approximate surface area is 242 Å². The van der Waals surface area contributed by atoms with E-state index in [1.165, 1.54) is 5.01 Å². The Morgan fingerprint density at radius 2 is 1.78 bits per heavy atom. The van der Waals surface area contributed by atoms with Crippen molar-refractivity contribution in [2.75, 3.05) is 11.6 Å². The number of carbonyl (C=O) groups excluding carboxylic acids is 1. The number of ether oxygens (including phenoxy) is 1. The summed E-state index contributed by atoms with van der Waals surface area (Å²) in [5.41, 5.74) is 4.53. The van der Waals surface area contributed by atoms with E-state index in [0.29, 0.717) is 32.2 Å². The summed E-state index contributed by atoms with van der Waals surface area (Å²) in [6.45, 7) is 6.35. The molecule has 1 amide bonds. The Morgan fingerprint density at radius 1 is 1.02 bits per heavy atom. The number of hydrogen-bond acceptors (Lipinski definition) is 6. The van der Waals surface area contributed by atoms with E-state index < -0.39 is 8.41 Å². The van der Waals surface area contributed by atoms with Crippen LogP contribution in [0.25, 0.3) is 0 Å². The summed E-state index contributed by atoms with van der Waals surface area (Å²) < 4.78 is 23.8. The van der Waals surface area contributed by atoms with E-state index >= 15 is 4.11 Å². The fraction of sp³-hybridized carbons (Fsp3) is 0.484. The largest absolute Gasteiger partial charge is 0.396 e. The van der Waals surface area contributed by atoms with Gasteiger partial charge in [-0.15, -0.1) is 5.10 Å². The van der Waals surface area contributed by atoms with Crippen molar-refractivity contribution in [3.8, 4) is 0 Å². The van der Waals surface area contributed by atoms with E-state index in [9.17, 15) is 4.79 Å². The maximum atomic E-state index is 15.5. The Hall–Kier alpha value is -3.21. The molecule has 0 spiro atoms. The lowest BCUT2D eigenvalue weighted by Crippen LogP contribution is -2.36. The van der Waals surface area contributed by atoms with E-state index in [1.807, 2.05) is 60.8 Å². The first kappa shape index (κ1) is 29.3. The fourth-order valence-corrected chi connectivity index (χ4v) is 8.88. The molecule has 3 aromatic rings. The summed E-state index contributed by atoms with van der Waals surface area (Å²) in [6.07, 6.45) is 5.51. The summed E-state index contributed by atoms with van der Waals surface area (Å²) in [6, 6.07) is 18.0. The van der Waals surface area contributed by atoms with E-state index in [1.54, 1.807) is 17.8 Å². The predicted octanol–water partition coefficient (Wildman–Crippen LogP) is 5.32. The third kappa shape index (κ3) is 6.99. The molecule has 0 aliphatic carbocycles. The van der Waals surface area contributed by atoms with Crippen molar-refractivity contribution in [3.63, 3.8) is 0 Å². The van der Waals surface area contributed by atoms with Crippen LogP contribution in [-0.4, -0.2) is 58.9 Å². The van der Waals surface area contributed by atoms with Gasteiger partial charge in [-0.05, 0) is 61.5 Å². The molecule has 41 heavy (non-hydrogen) atoms. The number of hydrogen-bond donors (Lipinski definition) is 1. The number of nitrogens with zero attached hydrogens (tertiary/aromatic N) is 5. The van der Waals surface area contributed by atoms with Gasteiger partial charge in [-0.25, -0.2) is 5.01 Å². The monoisotopic (exact) mass is 577 g/mol. The first-order valence-electron chi connectivity index (χ1n) is 14.6. The van der Waals surface area contributed by atoms with Crippen molar-refractivity contribution in [2.45, 2.75) is 82.8 Å². The number of rotatable bonds is 11. The fourth-order valence-electron chi connectivity index (χ4n) is 6.29. The van der Waals surface area contributed by atoms with Crippen LogP contribution in [0, 0.1) is 5.92 Å². The lowest BCUT2D eigenvalue weighted by molar-refractivity contribution is -0.118. The third-order valence-corrected chi connectivity index (χ3v) is 10.8. The molecular weight excluding hydrogens is 537 g/mol. The van der Waals surface area contributed by atoms with Crippen LogP contribution < -0.4 is 5.01 Å². The highest BCUT2D eigenvalue weighted by atomic mass is 28.4. The van der Waals surface area contributed by atoms with Gasteiger partial charge < -0.3 is 14.0 Å². The van der Waals surface area contributed by atoms with Crippen molar-refractivity contribution in [1.82, 2.24) is 15.0 Å². The number of aliphatic hydroxyl groups excluding tert-OH is 1. The number of carbonyl (C=O) groups is 1. The molecule has 2 aromatic carbocycles. The van der Waals surface area contributed by atoms with Crippen molar-refractivity contribution in [1.29, 1.82) is 0 Å². The van der Waals surface area contributed by atoms with Crippen LogP contribution in [0.2, 0.25) is 18.6 Å². The number of aliphatic hydroxyl groups is 1. The lowest BCUT2D eigenvalue weighted by atomic mass is 9.95. The molecule has 0 bridgehead atoms. The number of aromatic nitrogens is 3.